The number of halogens is 1. The van der Waals surface area contributed by atoms with Crippen molar-refractivity contribution in [1.29, 1.82) is 0 Å². The zero-order chi connectivity index (χ0) is 10.4. The molecule has 0 saturated carbocycles. The lowest BCUT2D eigenvalue weighted by molar-refractivity contribution is 0.100. The first-order valence-electron chi connectivity index (χ1n) is 4.49. The molecule has 0 unspecified atom stereocenters. The van der Waals surface area contributed by atoms with Crippen molar-refractivity contribution in [2.24, 2.45) is 5.73 Å². The number of anilines is 1. The van der Waals surface area contributed by atoms with E-state index in [0.29, 0.717) is 24.2 Å². The SMILES string of the molecule is Cl.NC(=O)c1ccccc1NCCCO. The van der Waals surface area contributed by atoms with Crippen molar-refractivity contribution in [3.63, 3.8) is 0 Å². The number of carbonyl (C=O) groups is 1. The molecule has 4 nitrogen and oxygen atoms in total. The molecule has 5 heteroatoms. The van der Waals surface area contributed by atoms with Crippen LogP contribution in [-0.4, -0.2) is 24.2 Å². The largest absolute Gasteiger partial charge is 0.396 e. The molecule has 4 N–H and O–H groups in total. The Labute approximate surface area is 94.9 Å². The molecule has 1 rings (SSSR count). The average Bonchev–Trinajstić information content (AvgIpc) is 2.19. The molecule has 15 heavy (non-hydrogen) atoms. The molecule has 0 saturated heterocycles. The van der Waals surface area contributed by atoms with Crippen LogP contribution in [0.1, 0.15) is 16.8 Å². The van der Waals surface area contributed by atoms with Gasteiger partial charge in [-0.15, -0.1) is 12.4 Å². The van der Waals surface area contributed by atoms with Crippen molar-refractivity contribution >= 4 is 24.0 Å². The Hall–Kier alpha value is -1.26. The maximum absolute atomic E-state index is 11.0. The smallest absolute Gasteiger partial charge is 0.250 e. The summed E-state index contributed by atoms with van der Waals surface area (Å²) in [5.74, 6) is -0.447. The third-order valence-corrected chi connectivity index (χ3v) is 1.84. The van der Waals surface area contributed by atoms with E-state index in [-0.39, 0.29) is 19.0 Å². The molecular formula is C10H15ClN2O2. The molecular weight excluding hydrogens is 216 g/mol. The third-order valence-electron chi connectivity index (χ3n) is 1.84. The summed E-state index contributed by atoms with van der Waals surface area (Å²) in [5, 5.41) is 11.6. The number of aliphatic hydroxyl groups excluding tert-OH is 1. The van der Waals surface area contributed by atoms with E-state index in [1.54, 1.807) is 18.2 Å². The molecule has 0 spiro atoms. The number of primary amides is 1. The lowest BCUT2D eigenvalue weighted by Gasteiger charge is -2.08. The maximum Gasteiger partial charge on any atom is 0.250 e. The number of amides is 1. The molecule has 0 bridgehead atoms. The van der Waals surface area contributed by atoms with Gasteiger partial charge in [0.15, 0.2) is 0 Å². The molecule has 0 fully saturated rings. The lowest BCUT2D eigenvalue weighted by atomic mass is 10.1. The van der Waals surface area contributed by atoms with E-state index < -0.39 is 5.91 Å². The molecule has 1 aromatic carbocycles. The minimum absolute atomic E-state index is 0. The van der Waals surface area contributed by atoms with Crippen LogP contribution in [0.3, 0.4) is 0 Å². The summed E-state index contributed by atoms with van der Waals surface area (Å²) in [5.41, 5.74) is 6.38. The number of aliphatic hydroxyl groups is 1. The first kappa shape index (κ1) is 13.7. The minimum Gasteiger partial charge on any atom is -0.396 e. The van der Waals surface area contributed by atoms with Gasteiger partial charge >= 0.3 is 0 Å². The van der Waals surface area contributed by atoms with E-state index >= 15 is 0 Å². The van der Waals surface area contributed by atoms with Crippen LogP contribution in [0.2, 0.25) is 0 Å². The van der Waals surface area contributed by atoms with Crippen LogP contribution < -0.4 is 11.1 Å². The van der Waals surface area contributed by atoms with Crippen LogP contribution in [0.4, 0.5) is 5.69 Å². The Kier molecular flexibility index (Phi) is 6.49. The van der Waals surface area contributed by atoms with Gasteiger partial charge in [-0.05, 0) is 18.6 Å². The Morgan fingerprint density at radius 1 is 1.40 bits per heavy atom. The standard InChI is InChI=1S/C10H14N2O2.ClH/c11-10(14)8-4-1-2-5-9(8)12-6-3-7-13;/h1-2,4-5,12-13H,3,6-7H2,(H2,11,14);1H. The molecule has 84 valence electrons. The Balaban J connectivity index is 0.00000196. The number of nitrogens with one attached hydrogen (secondary N) is 1. The highest BCUT2D eigenvalue weighted by Gasteiger charge is 2.05. The van der Waals surface area contributed by atoms with Crippen LogP contribution in [0.25, 0.3) is 0 Å². The summed E-state index contributed by atoms with van der Waals surface area (Å²) in [4.78, 5) is 11.0. The summed E-state index contributed by atoms with van der Waals surface area (Å²) in [6.45, 7) is 0.756. The van der Waals surface area contributed by atoms with Crippen LogP contribution in [-0.2, 0) is 0 Å². The van der Waals surface area contributed by atoms with E-state index in [9.17, 15) is 4.79 Å². The predicted octanol–water partition coefficient (Wildman–Crippen LogP) is 1.00. The third kappa shape index (κ3) is 4.18. The van der Waals surface area contributed by atoms with Crippen molar-refractivity contribution in [3.05, 3.63) is 29.8 Å². The molecule has 1 aromatic rings. The molecule has 0 aromatic heterocycles. The number of benzene rings is 1. The van der Waals surface area contributed by atoms with Crippen molar-refractivity contribution in [3.8, 4) is 0 Å². The highest BCUT2D eigenvalue weighted by atomic mass is 35.5. The summed E-state index contributed by atoms with van der Waals surface area (Å²) in [7, 11) is 0. The van der Waals surface area contributed by atoms with Gasteiger partial charge < -0.3 is 16.2 Å². The molecule has 0 aliphatic heterocycles. The first-order valence-corrected chi connectivity index (χ1v) is 4.49. The monoisotopic (exact) mass is 230 g/mol. The summed E-state index contributed by atoms with van der Waals surface area (Å²) < 4.78 is 0. The van der Waals surface area contributed by atoms with Gasteiger partial charge in [-0.3, -0.25) is 4.79 Å². The number of hydrogen-bond donors (Lipinski definition) is 3. The quantitative estimate of drug-likeness (QED) is 0.661. The predicted molar refractivity (Wildman–Crippen MR) is 62.4 cm³/mol. The second kappa shape index (κ2) is 7.09. The highest BCUT2D eigenvalue weighted by molar-refractivity contribution is 5.98. The van der Waals surface area contributed by atoms with Gasteiger partial charge in [-0.25, -0.2) is 0 Å². The van der Waals surface area contributed by atoms with Gasteiger partial charge in [0.25, 0.3) is 5.91 Å². The second-order valence-corrected chi connectivity index (χ2v) is 2.91. The number of para-hydroxylation sites is 1. The number of hydrogen-bond acceptors (Lipinski definition) is 3. The van der Waals surface area contributed by atoms with Crippen LogP contribution in [0.5, 0.6) is 0 Å². The fourth-order valence-electron chi connectivity index (χ4n) is 1.15. The zero-order valence-electron chi connectivity index (χ0n) is 8.27. The van der Waals surface area contributed by atoms with Gasteiger partial charge in [-0.1, -0.05) is 12.1 Å². The second-order valence-electron chi connectivity index (χ2n) is 2.91. The van der Waals surface area contributed by atoms with E-state index in [1.165, 1.54) is 0 Å². The molecule has 0 radical (unpaired) electrons. The lowest BCUT2D eigenvalue weighted by Crippen LogP contribution is -2.15. The molecule has 0 heterocycles. The zero-order valence-corrected chi connectivity index (χ0v) is 9.09. The number of nitrogens with two attached hydrogens (primary N) is 1. The van der Waals surface area contributed by atoms with Gasteiger partial charge in [-0.2, -0.15) is 0 Å². The number of rotatable bonds is 5. The molecule has 0 aliphatic rings. The van der Waals surface area contributed by atoms with E-state index in [4.69, 9.17) is 10.8 Å². The molecule has 1 amide bonds. The number of carbonyl (C=O) groups excluding carboxylic acids is 1. The van der Waals surface area contributed by atoms with E-state index in [1.807, 2.05) is 6.07 Å². The maximum atomic E-state index is 11.0. The van der Waals surface area contributed by atoms with Crippen molar-refractivity contribution in [2.45, 2.75) is 6.42 Å². The molecule has 0 atom stereocenters. The Morgan fingerprint density at radius 3 is 2.67 bits per heavy atom. The van der Waals surface area contributed by atoms with Crippen molar-refractivity contribution < 1.29 is 9.90 Å². The Morgan fingerprint density at radius 2 is 2.07 bits per heavy atom. The summed E-state index contributed by atoms with van der Waals surface area (Å²) >= 11 is 0. The van der Waals surface area contributed by atoms with Gasteiger partial charge in [0, 0.05) is 18.8 Å². The topological polar surface area (TPSA) is 75.4 Å². The Bertz CT molecular complexity index is 318. The van der Waals surface area contributed by atoms with Gasteiger partial charge in [0.05, 0.1) is 5.56 Å². The van der Waals surface area contributed by atoms with Crippen LogP contribution in [0, 0.1) is 0 Å². The summed E-state index contributed by atoms with van der Waals surface area (Å²) in [6, 6.07) is 7.05. The molecule has 0 aliphatic carbocycles. The van der Waals surface area contributed by atoms with Crippen LogP contribution >= 0.6 is 12.4 Å². The average molecular weight is 231 g/mol. The normalized spacial score (nSPS) is 9.13. The fraction of sp³-hybridized carbons (Fsp3) is 0.300. The van der Waals surface area contributed by atoms with Gasteiger partial charge in [0.2, 0.25) is 0 Å². The first-order chi connectivity index (χ1) is 6.75. The minimum atomic E-state index is -0.447. The van der Waals surface area contributed by atoms with E-state index in [2.05, 4.69) is 5.32 Å². The fourth-order valence-corrected chi connectivity index (χ4v) is 1.15. The van der Waals surface area contributed by atoms with Crippen LogP contribution in [0.15, 0.2) is 24.3 Å². The van der Waals surface area contributed by atoms with E-state index in [0.717, 1.165) is 0 Å². The highest BCUT2D eigenvalue weighted by Crippen LogP contribution is 2.13. The van der Waals surface area contributed by atoms with Gasteiger partial charge in [0.1, 0.15) is 0 Å². The summed E-state index contributed by atoms with van der Waals surface area (Å²) in [6.07, 6.45) is 0.646. The van der Waals surface area contributed by atoms with Crippen molar-refractivity contribution in [1.82, 2.24) is 0 Å². The van der Waals surface area contributed by atoms with Crippen molar-refractivity contribution in [2.75, 3.05) is 18.5 Å².